The maximum Gasteiger partial charge on any atom is 0.195 e. The first-order valence-corrected chi connectivity index (χ1v) is 4.81. The Morgan fingerprint density at radius 1 is 1.14 bits per heavy atom. The van der Waals surface area contributed by atoms with E-state index in [-0.39, 0.29) is 17.5 Å². The van der Waals surface area contributed by atoms with Crippen LogP contribution in [0.25, 0.3) is 0 Å². The lowest BCUT2D eigenvalue weighted by Gasteiger charge is -2.23. The molecule has 14 heavy (non-hydrogen) atoms. The minimum absolute atomic E-state index is 0.145. The normalized spacial score (nSPS) is 10.6. The lowest BCUT2D eigenvalue weighted by Crippen LogP contribution is -2.51. The molecule has 5 N–H and O–H groups in total. The van der Waals surface area contributed by atoms with Crippen molar-refractivity contribution in [2.75, 3.05) is 6.54 Å². The highest BCUT2D eigenvalue weighted by atomic mass is 15.2. The predicted molar refractivity (Wildman–Crippen MR) is 59.8 cm³/mol. The molecule has 0 heterocycles. The number of guanidine groups is 2. The largest absolute Gasteiger partial charge is 0.356 e. The molecule has 0 fully saturated rings. The van der Waals surface area contributed by atoms with Gasteiger partial charge in [-0.2, -0.15) is 0 Å². The van der Waals surface area contributed by atoms with E-state index in [1.165, 1.54) is 0 Å². The van der Waals surface area contributed by atoms with Crippen LogP contribution in [0.2, 0.25) is 0 Å². The maximum atomic E-state index is 7.51. The quantitative estimate of drug-likeness (QED) is 0.337. The van der Waals surface area contributed by atoms with E-state index < -0.39 is 0 Å². The third-order valence-corrected chi connectivity index (χ3v) is 1.30. The highest BCUT2D eigenvalue weighted by molar-refractivity contribution is 5.95. The Morgan fingerprint density at radius 2 is 1.71 bits per heavy atom. The van der Waals surface area contributed by atoms with Crippen molar-refractivity contribution < 1.29 is 0 Å². The Hall–Kier alpha value is -1.26. The first-order valence-electron chi connectivity index (χ1n) is 4.81. The molecule has 0 saturated carbocycles. The van der Waals surface area contributed by atoms with Gasteiger partial charge in [0.2, 0.25) is 0 Å². The monoisotopic (exact) mass is 199 g/mol. The number of nitrogens with one attached hydrogen (secondary N) is 5. The van der Waals surface area contributed by atoms with Gasteiger partial charge in [-0.1, -0.05) is 6.92 Å². The van der Waals surface area contributed by atoms with E-state index in [2.05, 4.69) is 16.0 Å². The van der Waals surface area contributed by atoms with Crippen molar-refractivity contribution >= 4 is 11.9 Å². The van der Waals surface area contributed by atoms with E-state index >= 15 is 0 Å². The second-order valence-corrected chi connectivity index (χ2v) is 4.18. The van der Waals surface area contributed by atoms with Crippen LogP contribution in [-0.4, -0.2) is 24.0 Å². The van der Waals surface area contributed by atoms with Crippen molar-refractivity contribution in [3.05, 3.63) is 0 Å². The van der Waals surface area contributed by atoms with Gasteiger partial charge in [0.05, 0.1) is 0 Å². The summed E-state index contributed by atoms with van der Waals surface area (Å²) in [6.45, 7) is 8.67. The summed E-state index contributed by atoms with van der Waals surface area (Å²) in [5, 5.41) is 23.3. The number of rotatable bonds is 2. The van der Waals surface area contributed by atoms with E-state index in [0.29, 0.717) is 0 Å². The Balaban J connectivity index is 3.78. The first kappa shape index (κ1) is 12.7. The van der Waals surface area contributed by atoms with Gasteiger partial charge in [0.1, 0.15) is 0 Å². The predicted octanol–water partition coefficient (Wildman–Crippen LogP) is 0.833. The van der Waals surface area contributed by atoms with E-state index in [0.717, 1.165) is 13.0 Å². The van der Waals surface area contributed by atoms with Crippen LogP contribution in [0.5, 0.6) is 0 Å². The van der Waals surface area contributed by atoms with Crippen LogP contribution < -0.4 is 16.0 Å². The molecule has 0 saturated heterocycles. The summed E-state index contributed by atoms with van der Waals surface area (Å²) < 4.78 is 0. The molecule has 0 amide bonds. The minimum atomic E-state index is -0.158. The van der Waals surface area contributed by atoms with E-state index in [1.54, 1.807) is 0 Å². The molecule has 0 atom stereocenters. The maximum absolute atomic E-state index is 7.51. The number of hydrogen-bond donors (Lipinski definition) is 5. The summed E-state index contributed by atoms with van der Waals surface area (Å²) in [4.78, 5) is 0. The van der Waals surface area contributed by atoms with Gasteiger partial charge >= 0.3 is 0 Å². The summed E-state index contributed by atoms with van der Waals surface area (Å²) in [7, 11) is 0. The second-order valence-electron chi connectivity index (χ2n) is 4.18. The molecule has 0 aromatic carbocycles. The summed E-state index contributed by atoms with van der Waals surface area (Å²) in [6, 6.07) is 0. The smallest absolute Gasteiger partial charge is 0.195 e. The van der Waals surface area contributed by atoms with E-state index in [1.807, 2.05) is 27.7 Å². The molecule has 82 valence electrons. The molecule has 0 rings (SSSR count). The third kappa shape index (κ3) is 7.39. The van der Waals surface area contributed by atoms with Gasteiger partial charge in [-0.25, -0.2) is 0 Å². The minimum Gasteiger partial charge on any atom is -0.356 e. The van der Waals surface area contributed by atoms with Gasteiger partial charge in [0.25, 0.3) is 0 Å². The van der Waals surface area contributed by atoms with Crippen LogP contribution in [0.4, 0.5) is 0 Å². The molecule has 5 heteroatoms. The van der Waals surface area contributed by atoms with Crippen LogP contribution in [0, 0.1) is 10.8 Å². The third-order valence-electron chi connectivity index (χ3n) is 1.30. The van der Waals surface area contributed by atoms with E-state index in [9.17, 15) is 0 Å². The molecule has 0 aromatic heterocycles. The summed E-state index contributed by atoms with van der Waals surface area (Å²) in [6.07, 6.45) is 0.962. The lowest BCUT2D eigenvalue weighted by atomic mass is 10.1. The van der Waals surface area contributed by atoms with Crippen molar-refractivity contribution in [3.8, 4) is 0 Å². The zero-order valence-electron chi connectivity index (χ0n) is 9.41. The fourth-order valence-corrected chi connectivity index (χ4v) is 0.825. The second kappa shape index (κ2) is 5.47. The van der Waals surface area contributed by atoms with Crippen molar-refractivity contribution in [1.29, 1.82) is 10.8 Å². The molecule has 0 bridgehead atoms. The van der Waals surface area contributed by atoms with Crippen LogP contribution in [0.1, 0.15) is 34.1 Å². The molecule has 0 aliphatic rings. The van der Waals surface area contributed by atoms with Crippen LogP contribution >= 0.6 is 0 Å². The molecule has 0 unspecified atom stereocenters. The first-order chi connectivity index (χ1) is 6.35. The molecule has 5 nitrogen and oxygen atoms in total. The highest BCUT2D eigenvalue weighted by Crippen LogP contribution is 1.96. The molecule has 0 aliphatic carbocycles. The molecule has 0 radical (unpaired) electrons. The Kier molecular flexibility index (Phi) is 4.97. The average molecular weight is 199 g/mol. The Bertz CT molecular complexity index is 204. The zero-order chi connectivity index (χ0) is 11.2. The van der Waals surface area contributed by atoms with Crippen molar-refractivity contribution in [3.63, 3.8) is 0 Å². The van der Waals surface area contributed by atoms with Crippen LogP contribution in [0.15, 0.2) is 0 Å². The van der Waals surface area contributed by atoms with Gasteiger partial charge in [0.15, 0.2) is 11.9 Å². The molecule has 0 aliphatic heterocycles. The fourth-order valence-electron chi connectivity index (χ4n) is 0.825. The average Bonchev–Trinajstić information content (AvgIpc) is 1.96. The lowest BCUT2D eigenvalue weighted by molar-refractivity contribution is 0.505. The van der Waals surface area contributed by atoms with Crippen molar-refractivity contribution in [1.82, 2.24) is 16.0 Å². The summed E-state index contributed by atoms with van der Waals surface area (Å²) in [5.74, 6) is 0.305. The number of hydrogen-bond acceptors (Lipinski definition) is 2. The van der Waals surface area contributed by atoms with Crippen molar-refractivity contribution in [2.24, 2.45) is 0 Å². The SMILES string of the molecule is CCCNC(=N)NC(=N)NC(C)(C)C. The van der Waals surface area contributed by atoms with Gasteiger partial charge in [0, 0.05) is 12.1 Å². The van der Waals surface area contributed by atoms with Crippen LogP contribution in [0.3, 0.4) is 0 Å². The van der Waals surface area contributed by atoms with Crippen molar-refractivity contribution in [2.45, 2.75) is 39.7 Å². The molecular formula is C9H21N5. The van der Waals surface area contributed by atoms with Crippen LogP contribution in [-0.2, 0) is 0 Å². The molecule has 0 aromatic rings. The summed E-state index contributed by atoms with van der Waals surface area (Å²) in [5.41, 5.74) is -0.158. The van der Waals surface area contributed by atoms with Gasteiger partial charge < -0.3 is 10.6 Å². The Morgan fingerprint density at radius 3 is 2.14 bits per heavy atom. The molecule has 0 spiro atoms. The van der Waals surface area contributed by atoms with Gasteiger partial charge in [-0.15, -0.1) is 0 Å². The van der Waals surface area contributed by atoms with Gasteiger partial charge in [-0.3, -0.25) is 16.1 Å². The topological polar surface area (TPSA) is 83.8 Å². The standard InChI is InChI=1S/C9H21N5/c1-5-6-12-7(10)13-8(11)14-9(2,3)4/h5-6H2,1-4H3,(H5,10,11,12,13,14). The molecular weight excluding hydrogens is 178 g/mol. The Labute approximate surface area is 85.7 Å². The van der Waals surface area contributed by atoms with E-state index in [4.69, 9.17) is 10.8 Å². The zero-order valence-corrected chi connectivity index (χ0v) is 9.41. The highest BCUT2D eigenvalue weighted by Gasteiger charge is 2.11. The summed E-state index contributed by atoms with van der Waals surface area (Å²) >= 11 is 0. The fraction of sp³-hybridized carbons (Fsp3) is 0.778. The van der Waals surface area contributed by atoms with Gasteiger partial charge in [-0.05, 0) is 27.2 Å².